The Bertz CT molecular complexity index is 821. The number of benzene rings is 2. The van der Waals surface area contributed by atoms with Crippen LogP contribution in [0.2, 0.25) is 0 Å². The number of hydrogen-bond acceptors (Lipinski definition) is 3. The van der Waals surface area contributed by atoms with Gasteiger partial charge in [-0.1, -0.05) is 0 Å². The molecule has 144 valence electrons. The molecule has 0 bridgehead atoms. The van der Waals surface area contributed by atoms with E-state index in [0.29, 0.717) is 0 Å². The number of piperidine rings is 1. The number of nitrogens with one attached hydrogen (secondary N) is 1. The Kier molecular flexibility index (Phi) is 5.53. The van der Waals surface area contributed by atoms with Crippen molar-refractivity contribution < 1.29 is 27.1 Å². The molecule has 0 spiro atoms. The molecule has 2 aromatic carbocycles. The first-order chi connectivity index (χ1) is 12.9. The van der Waals surface area contributed by atoms with Crippen molar-refractivity contribution in [3.8, 4) is 5.75 Å². The lowest BCUT2D eigenvalue weighted by molar-refractivity contribution is 0.101. The molecule has 0 atom stereocenters. The van der Waals surface area contributed by atoms with Crippen LogP contribution >= 0.6 is 0 Å². The first-order valence-electron chi connectivity index (χ1n) is 8.50. The number of carbonyl (C=O) groups is 1. The van der Waals surface area contributed by atoms with Crippen molar-refractivity contribution in [1.82, 2.24) is 0 Å². The summed E-state index contributed by atoms with van der Waals surface area (Å²) in [5, 5.41) is 2.25. The average molecular weight is 382 g/mol. The highest BCUT2D eigenvalue weighted by molar-refractivity contribution is 6.04. The lowest BCUT2D eigenvalue weighted by atomic mass is 10.1. The van der Waals surface area contributed by atoms with E-state index in [1.807, 2.05) is 0 Å². The Balaban J connectivity index is 1.81. The van der Waals surface area contributed by atoms with Crippen molar-refractivity contribution in [2.75, 3.05) is 30.4 Å². The van der Waals surface area contributed by atoms with Crippen molar-refractivity contribution in [3.05, 3.63) is 53.1 Å². The molecule has 1 saturated heterocycles. The minimum Gasteiger partial charge on any atom is -0.491 e. The number of halogens is 4. The van der Waals surface area contributed by atoms with Gasteiger partial charge < -0.3 is 15.0 Å². The van der Waals surface area contributed by atoms with Crippen molar-refractivity contribution in [1.29, 1.82) is 0 Å². The number of carbonyl (C=O) groups excluding carboxylic acids is 1. The second-order valence-electron chi connectivity index (χ2n) is 6.21. The van der Waals surface area contributed by atoms with Crippen LogP contribution in [0, 0.1) is 23.3 Å². The van der Waals surface area contributed by atoms with Crippen LogP contribution in [0.1, 0.15) is 29.6 Å². The lowest BCUT2D eigenvalue weighted by Crippen LogP contribution is -2.29. The molecule has 0 unspecified atom stereocenters. The maximum atomic E-state index is 14.0. The van der Waals surface area contributed by atoms with Crippen LogP contribution in [0.4, 0.5) is 28.9 Å². The molecule has 1 N–H and O–H groups in total. The highest BCUT2D eigenvalue weighted by Gasteiger charge is 2.30. The van der Waals surface area contributed by atoms with Gasteiger partial charge in [-0.15, -0.1) is 0 Å². The Morgan fingerprint density at radius 1 is 0.926 bits per heavy atom. The van der Waals surface area contributed by atoms with Gasteiger partial charge in [-0.3, -0.25) is 4.79 Å². The summed E-state index contributed by atoms with van der Waals surface area (Å²) in [6.07, 6.45) is 3.40. The van der Waals surface area contributed by atoms with Crippen LogP contribution in [-0.2, 0) is 0 Å². The zero-order chi connectivity index (χ0) is 19.6. The second kappa shape index (κ2) is 7.85. The fourth-order valence-electron chi connectivity index (χ4n) is 3.09. The van der Waals surface area contributed by atoms with Crippen LogP contribution in [0.15, 0.2) is 24.3 Å². The predicted molar refractivity (Wildman–Crippen MR) is 93.3 cm³/mol. The van der Waals surface area contributed by atoms with Gasteiger partial charge in [0, 0.05) is 24.5 Å². The number of amides is 1. The van der Waals surface area contributed by atoms with Gasteiger partial charge in [-0.05, 0) is 43.5 Å². The summed E-state index contributed by atoms with van der Waals surface area (Å²) >= 11 is 0. The summed E-state index contributed by atoms with van der Waals surface area (Å²) in [5.74, 6) is -9.66. The van der Waals surface area contributed by atoms with Gasteiger partial charge in [0.15, 0.2) is 17.4 Å². The minimum absolute atomic E-state index is 0.246. The van der Waals surface area contributed by atoms with Gasteiger partial charge in [0.05, 0.1) is 7.11 Å². The van der Waals surface area contributed by atoms with Crippen LogP contribution in [0.3, 0.4) is 0 Å². The van der Waals surface area contributed by atoms with Crippen molar-refractivity contribution in [3.63, 3.8) is 0 Å². The molecule has 1 fully saturated rings. The van der Waals surface area contributed by atoms with Crippen LogP contribution in [0.5, 0.6) is 5.75 Å². The zero-order valence-corrected chi connectivity index (χ0v) is 14.6. The maximum absolute atomic E-state index is 14.0. The van der Waals surface area contributed by atoms with E-state index in [9.17, 15) is 22.4 Å². The Morgan fingerprint density at radius 2 is 1.48 bits per heavy atom. The second-order valence-corrected chi connectivity index (χ2v) is 6.21. The maximum Gasteiger partial charge on any atom is 0.261 e. The molecule has 0 aromatic heterocycles. The molecule has 2 aromatic rings. The largest absolute Gasteiger partial charge is 0.491 e. The molecular formula is C19H18F4N2O2. The van der Waals surface area contributed by atoms with Crippen LogP contribution < -0.4 is 15.0 Å². The summed E-state index contributed by atoms with van der Waals surface area (Å²) in [6, 6.07) is 6.66. The van der Waals surface area contributed by atoms with Crippen LogP contribution in [-0.4, -0.2) is 26.1 Å². The Hall–Kier alpha value is -2.77. The monoisotopic (exact) mass is 382 g/mol. The summed E-state index contributed by atoms with van der Waals surface area (Å²) in [4.78, 5) is 14.4. The van der Waals surface area contributed by atoms with Gasteiger partial charge in [-0.25, -0.2) is 8.78 Å². The van der Waals surface area contributed by atoms with E-state index in [1.54, 1.807) is 24.3 Å². The van der Waals surface area contributed by atoms with Gasteiger partial charge in [0.25, 0.3) is 5.91 Å². The van der Waals surface area contributed by atoms with E-state index in [0.717, 1.165) is 38.7 Å². The standard InChI is InChI=1S/C19H18F4N2O2/c1-27-18-16(22)14(20)13(15(21)17(18)23)19(26)24-11-5-7-12(8-6-11)25-9-3-2-4-10-25/h5-8H,2-4,9-10H2,1H3,(H,24,26). The van der Waals surface area contributed by atoms with E-state index < -0.39 is 40.5 Å². The highest BCUT2D eigenvalue weighted by atomic mass is 19.2. The third-order valence-electron chi connectivity index (χ3n) is 4.50. The van der Waals surface area contributed by atoms with E-state index in [-0.39, 0.29) is 5.69 Å². The molecule has 8 heteroatoms. The fourth-order valence-corrected chi connectivity index (χ4v) is 3.09. The Morgan fingerprint density at radius 3 is 2.00 bits per heavy atom. The summed E-state index contributed by atoms with van der Waals surface area (Å²) in [7, 11) is 0.865. The predicted octanol–water partition coefficient (Wildman–Crippen LogP) is 4.49. The number of anilines is 2. The minimum atomic E-state index is -1.81. The number of rotatable bonds is 4. The summed E-state index contributed by atoms with van der Waals surface area (Å²) < 4.78 is 59.9. The van der Waals surface area contributed by atoms with Crippen molar-refractivity contribution in [2.45, 2.75) is 19.3 Å². The van der Waals surface area contributed by atoms with Crippen molar-refractivity contribution >= 4 is 17.3 Å². The van der Waals surface area contributed by atoms with E-state index >= 15 is 0 Å². The average Bonchev–Trinajstić information content (AvgIpc) is 2.68. The normalized spacial score (nSPS) is 14.2. The molecule has 0 radical (unpaired) electrons. The quantitative estimate of drug-likeness (QED) is 0.626. The summed E-state index contributed by atoms with van der Waals surface area (Å²) in [6.45, 7) is 1.87. The van der Waals surface area contributed by atoms with Gasteiger partial charge in [0.2, 0.25) is 11.6 Å². The number of nitrogens with zero attached hydrogens (tertiary/aromatic N) is 1. The molecule has 4 nitrogen and oxygen atoms in total. The third-order valence-corrected chi connectivity index (χ3v) is 4.50. The van der Waals surface area contributed by atoms with Crippen LogP contribution in [0.25, 0.3) is 0 Å². The number of ether oxygens (including phenoxy) is 1. The first kappa shape index (κ1) is 19.0. The molecular weight excluding hydrogens is 364 g/mol. The first-order valence-corrected chi connectivity index (χ1v) is 8.50. The molecule has 1 amide bonds. The van der Waals surface area contributed by atoms with E-state index in [1.165, 1.54) is 6.42 Å². The smallest absolute Gasteiger partial charge is 0.261 e. The molecule has 0 aliphatic carbocycles. The van der Waals surface area contributed by atoms with Gasteiger partial charge in [-0.2, -0.15) is 8.78 Å². The van der Waals surface area contributed by atoms with E-state index in [4.69, 9.17) is 0 Å². The van der Waals surface area contributed by atoms with Gasteiger partial charge in [0.1, 0.15) is 5.56 Å². The topological polar surface area (TPSA) is 41.6 Å². The molecule has 3 rings (SSSR count). The zero-order valence-electron chi connectivity index (χ0n) is 14.6. The molecule has 1 aliphatic heterocycles. The SMILES string of the molecule is COc1c(F)c(F)c(C(=O)Nc2ccc(N3CCCCC3)cc2)c(F)c1F. The molecule has 1 aliphatic rings. The van der Waals surface area contributed by atoms with Crippen molar-refractivity contribution in [2.24, 2.45) is 0 Å². The van der Waals surface area contributed by atoms with Gasteiger partial charge >= 0.3 is 0 Å². The molecule has 27 heavy (non-hydrogen) atoms. The molecule has 1 heterocycles. The summed E-state index contributed by atoms with van der Waals surface area (Å²) in [5.41, 5.74) is -0.131. The number of methoxy groups -OCH3 is 1. The highest BCUT2D eigenvalue weighted by Crippen LogP contribution is 2.30. The van der Waals surface area contributed by atoms with E-state index in [2.05, 4.69) is 15.0 Å². The fraction of sp³-hybridized carbons (Fsp3) is 0.316. The third kappa shape index (κ3) is 3.70. The lowest BCUT2D eigenvalue weighted by Gasteiger charge is -2.28. The number of hydrogen-bond donors (Lipinski definition) is 1. The Labute approximate surface area is 153 Å². The molecule has 0 saturated carbocycles.